The second-order valence-electron chi connectivity index (χ2n) is 6.81. The van der Waals surface area contributed by atoms with Gasteiger partial charge in [0.2, 0.25) is 0 Å². The second-order valence-corrected chi connectivity index (χ2v) is 7.81. The number of hydrogen-bond acceptors (Lipinski definition) is 3. The second kappa shape index (κ2) is 4.31. The molecule has 3 heteroatoms. The standard InChI is InChI=1S/C16H24N2S/c1-11-14-5-7-19-15(14)4-6-18(11)16(10-17)9-12-2-3-13(16)8-12/h5,7,11-13H,2-4,6,8-10,17H2,1H3. The van der Waals surface area contributed by atoms with Gasteiger partial charge in [-0.15, -0.1) is 11.3 Å². The van der Waals surface area contributed by atoms with Gasteiger partial charge in [0.05, 0.1) is 0 Å². The van der Waals surface area contributed by atoms with Crippen LogP contribution in [0.15, 0.2) is 11.4 Å². The van der Waals surface area contributed by atoms with Crippen LogP contribution in [0.25, 0.3) is 0 Å². The molecule has 0 aromatic carbocycles. The maximum atomic E-state index is 6.30. The molecular formula is C16H24N2S. The molecule has 2 aliphatic carbocycles. The van der Waals surface area contributed by atoms with E-state index in [1.807, 2.05) is 11.3 Å². The Hall–Kier alpha value is -0.380. The summed E-state index contributed by atoms with van der Waals surface area (Å²) in [5, 5.41) is 2.26. The summed E-state index contributed by atoms with van der Waals surface area (Å²) in [6.07, 6.45) is 6.91. The molecule has 2 N–H and O–H groups in total. The normalized spacial score (nSPS) is 41.7. The molecule has 3 aliphatic rings. The van der Waals surface area contributed by atoms with Crippen molar-refractivity contribution in [3.8, 4) is 0 Å². The van der Waals surface area contributed by atoms with Crippen LogP contribution in [0.3, 0.4) is 0 Å². The van der Waals surface area contributed by atoms with E-state index in [9.17, 15) is 0 Å². The van der Waals surface area contributed by atoms with Crippen LogP contribution < -0.4 is 5.73 Å². The average molecular weight is 276 g/mol. The van der Waals surface area contributed by atoms with Crippen molar-refractivity contribution < 1.29 is 0 Å². The first-order valence-electron chi connectivity index (χ1n) is 7.77. The van der Waals surface area contributed by atoms with Crippen molar-refractivity contribution in [3.05, 3.63) is 21.9 Å². The first-order valence-corrected chi connectivity index (χ1v) is 8.65. The van der Waals surface area contributed by atoms with Crippen LogP contribution in [0.1, 0.15) is 49.1 Å². The van der Waals surface area contributed by atoms with Crippen LogP contribution in [-0.2, 0) is 6.42 Å². The zero-order valence-corrected chi connectivity index (χ0v) is 12.6. The highest BCUT2D eigenvalue weighted by molar-refractivity contribution is 7.10. The number of nitrogens with two attached hydrogens (primary N) is 1. The zero-order valence-electron chi connectivity index (χ0n) is 11.8. The van der Waals surface area contributed by atoms with Gasteiger partial charge >= 0.3 is 0 Å². The van der Waals surface area contributed by atoms with E-state index in [0.717, 1.165) is 18.4 Å². The fraction of sp³-hybridized carbons (Fsp3) is 0.750. The number of hydrogen-bond donors (Lipinski definition) is 1. The van der Waals surface area contributed by atoms with Gasteiger partial charge in [-0.3, -0.25) is 4.90 Å². The molecule has 4 atom stereocenters. The Labute approximate surface area is 120 Å². The van der Waals surface area contributed by atoms with Crippen molar-refractivity contribution in [1.29, 1.82) is 0 Å². The van der Waals surface area contributed by atoms with Crippen LogP contribution in [0, 0.1) is 11.8 Å². The molecule has 2 saturated carbocycles. The third-order valence-electron chi connectivity index (χ3n) is 6.15. The van der Waals surface area contributed by atoms with Gasteiger partial charge in [-0.2, -0.15) is 0 Å². The lowest BCUT2D eigenvalue weighted by molar-refractivity contribution is 0.00493. The molecule has 1 aromatic rings. The molecule has 0 radical (unpaired) electrons. The highest BCUT2D eigenvalue weighted by atomic mass is 32.1. The van der Waals surface area contributed by atoms with E-state index in [2.05, 4.69) is 23.3 Å². The maximum absolute atomic E-state index is 6.30. The van der Waals surface area contributed by atoms with Crippen LogP contribution in [0.2, 0.25) is 0 Å². The topological polar surface area (TPSA) is 29.3 Å². The van der Waals surface area contributed by atoms with Crippen LogP contribution in [0.5, 0.6) is 0 Å². The average Bonchev–Trinajstić information content (AvgIpc) is 3.13. The SMILES string of the molecule is CC1c2ccsc2CCN1C1(CN)CC2CCC1C2. The maximum Gasteiger partial charge on any atom is 0.0368 e. The Morgan fingerprint density at radius 2 is 2.37 bits per heavy atom. The number of thiophene rings is 1. The molecule has 4 unspecified atom stereocenters. The molecule has 19 heavy (non-hydrogen) atoms. The minimum Gasteiger partial charge on any atom is -0.329 e. The molecule has 0 saturated heterocycles. The number of nitrogens with zero attached hydrogens (tertiary/aromatic N) is 1. The molecule has 2 bridgehead atoms. The van der Waals surface area contributed by atoms with E-state index >= 15 is 0 Å². The van der Waals surface area contributed by atoms with E-state index in [-0.39, 0.29) is 0 Å². The quantitative estimate of drug-likeness (QED) is 0.899. The highest BCUT2D eigenvalue weighted by Crippen LogP contribution is 2.55. The zero-order chi connectivity index (χ0) is 13.0. The molecule has 0 spiro atoms. The lowest BCUT2D eigenvalue weighted by atomic mass is 9.77. The van der Waals surface area contributed by atoms with E-state index in [0.29, 0.717) is 11.6 Å². The van der Waals surface area contributed by atoms with Crippen molar-refractivity contribution >= 4 is 11.3 Å². The van der Waals surface area contributed by atoms with Crippen molar-refractivity contribution in [2.75, 3.05) is 13.1 Å². The summed E-state index contributed by atoms with van der Waals surface area (Å²) in [4.78, 5) is 4.39. The molecule has 104 valence electrons. The number of fused-ring (bicyclic) bond motifs is 3. The van der Waals surface area contributed by atoms with Crippen LogP contribution >= 0.6 is 11.3 Å². The van der Waals surface area contributed by atoms with Gasteiger partial charge in [-0.05, 0) is 61.5 Å². The molecule has 2 nitrogen and oxygen atoms in total. The molecule has 0 amide bonds. The lowest BCUT2D eigenvalue weighted by Gasteiger charge is -2.51. The molecule has 2 heterocycles. The van der Waals surface area contributed by atoms with Crippen LogP contribution in [0.4, 0.5) is 0 Å². The van der Waals surface area contributed by atoms with Crippen LogP contribution in [-0.4, -0.2) is 23.5 Å². The van der Waals surface area contributed by atoms with Gasteiger partial charge in [-0.25, -0.2) is 0 Å². The fourth-order valence-corrected chi connectivity index (χ4v) is 6.21. The van der Waals surface area contributed by atoms with E-state index in [1.54, 1.807) is 10.4 Å². The van der Waals surface area contributed by atoms with Gasteiger partial charge in [0.1, 0.15) is 0 Å². The van der Waals surface area contributed by atoms with Crippen molar-refractivity contribution in [1.82, 2.24) is 4.90 Å². The largest absolute Gasteiger partial charge is 0.329 e. The van der Waals surface area contributed by atoms with Gasteiger partial charge in [0, 0.05) is 29.5 Å². The summed E-state index contributed by atoms with van der Waals surface area (Å²) in [7, 11) is 0. The molecular weight excluding hydrogens is 252 g/mol. The highest BCUT2D eigenvalue weighted by Gasteiger charge is 2.54. The van der Waals surface area contributed by atoms with E-state index < -0.39 is 0 Å². The first kappa shape index (κ1) is 12.4. The van der Waals surface area contributed by atoms with E-state index in [4.69, 9.17) is 5.73 Å². The lowest BCUT2D eigenvalue weighted by Crippen LogP contribution is -2.59. The predicted molar refractivity (Wildman–Crippen MR) is 80.4 cm³/mol. The Bertz CT molecular complexity index is 483. The van der Waals surface area contributed by atoms with Gasteiger partial charge < -0.3 is 5.73 Å². The minimum atomic E-state index is 0.321. The first-order chi connectivity index (χ1) is 9.24. The summed E-state index contributed by atoms with van der Waals surface area (Å²) in [6, 6.07) is 2.91. The van der Waals surface area contributed by atoms with Crippen molar-refractivity contribution in [3.63, 3.8) is 0 Å². The Balaban J connectivity index is 1.69. The Morgan fingerprint density at radius 1 is 1.47 bits per heavy atom. The smallest absolute Gasteiger partial charge is 0.0368 e. The molecule has 2 fully saturated rings. The summed E-state index contributed by atoms with van der Waals surface area (Å²) < 4.78 is 0. The van der Waals surface area contributed by atoms with Crippen molar-refractivity contribution in [2.24, 2.45) is 17.6 Å². The number of rotatable bonds is 2. The predicted octanol–water partition coefficient (Wildman–Crippen LogP) is 3.18. The Kier molecular flexibility index (Phi) is 2.80. The van der Waals surface area contributed by atoms with Crippen molar-refractivity contribution in [2.45, 2.75) is 50.6 Å². The Morgan fingerprint density at radius 3 is 3.05 bits per heavy atom. The molecule has 1 aliphatic heterocycles. The van der Waals surface area contributed by atoms with Gasteiger partial charge in [-0.1, -0.05) is 6.42 Å². The molecule has 4 rings (SSSR count). The van der Waals surface area contributed by atoms with Gasteiger partial charge in [0.25, 0.3) is 0 Å². The fourth-order valence-electron chi connectivity index (χ4n) is 5.25. The summed E-state index contributed by atoms with van der Waals surface area (Å²) >= 11 is 1.94. The third kappa shape index (κ3) is 1.61. The summed E-state index contributed by atoms with van der Waals surface area (Å²) in [5.74, 6) is 1.83. The van der Waals surface area contributed by atoms with Gasteiger partial charge in [0.15, 0.2) is 0 Å². The van der Waals surface area contributed by atoms with E-state index in [1.165, 1.54) is 38.6 Å². The minimum absolute atomic E-state index is 0.321. The molecule has 1 aromatic heterocycles. The summed E-state index contributed by atoms with van der Waals surface area (Å²) in [5.41, 5.74) is 8.20. The monoisotopic (exact) mass is 276 g/mol. The summed E-state index contributed by atoms with van der Waals surface area (Å²) in [6.45, 7) is 4.47. The third-order valence-corrected chi connectivity index (χ3v) is 7.14.